The first kappa shape index (κ1) is 17.5. The highest BCUT2D eigenvalue weighted by Gasteiger charge is 2.38. The first-order valence-electron chi connectivity index (χ1n) is 6.26. The number of hydrogen-bond donors (Lipinski definition) is 6. The minimum absolute atomic E-state index is 0.291. The fourth-order valence-corrected chi connectivity index (χ4v) is 1.41. The number of carbonyl (C=O) groups excluding carboxylic acids is 1. The molecule has 0 radical (unpaired) electrons. The van der Waals surface area contributed by atoms with Crippen LogP contribution in [0.25, 0.3) is 6.08 Å². The molecule has 8 nitrogen and oxygen atoms in total. The zero-order valence-electron chi connectivity index (χ0n) is 11.7. The summed E-state index contributed by atoms with van der Waals surface area (Å²) in [6.45, 7) is 0.463. The van der Waals surface area contributed by atoms with Crippen molar-refractivity contribution in [3.63, 3.8) is 0 Å². The summed E-state index contributed by atoms with van der Waals surface area (Å²) in [4.78, 5) is 22.2. The van der Waals surface area contributed by atoms with Gasteiger partial charge in [-0.1, -0.05) is 6.07 Å². The van der Waals surface area contributed by atoms with Crippen molar-refractivity contribution in [1.82, 2.24) is 5.32 Å². The zero-order chi connectivity index (χ0) is 16.9. The van der Waals surface area contributed by atoms with Crippen molar-refractivity contribution in [3.8, 4) is 11.5 Å². The Kier molecular flexibility index (Phi) is 5.50. The fraction of sp³-hybridized carbons (Fsp3) is 0.286. The maximum atomic E-state index is 11.5. The highest BCUT2D eigenvalue weighted by Crippen LogP contribution is 2.25. The maximum absolute atomic E-state index is 11.5. The molecule has 1 aromatic rings. The van der Waals surface area contributed by atoms with Gasteiger partial charge >= 0.3 is 5.97 Å². The largest absolute Gasteiger partial charge is 0.504 e. The van der Waals surface area contributed by atoms with E-state index in [1.54, 1.807) is 0 Å². The number of nitrogens with one attached hydrogen (secondary N) is 1. The van der Waals surface area contributed by atoms with E-state index in [1.165, 1.54) is 24.3 Å². The Labute approximate surface area is 126 Å². The van der Waals surface area contributed by atoms with Gasteiger partial charge in [-0.25, -0.2) is 4.79 Å². The Morgan fingerprint density at radius 3 is 2.50 bits per heavy atom. The minimum Gasteiger partial charge on any atom is -0.504 e. The van der Waals surface area contributed by atoms with Gasteiger partial charge in [-0.05, 0) is 30.7 Å². The lowest BCUT2D eigenvalue weighted by Crippen LogP contribution is -2.51. The van der Waals surface area contributed by atoms with Crippen LogP contribution < -0.4 is 5.32 Å². The summed E-state index contributed by atoms with van der Waals surface area (Å²) in [7, 11) is 0. The molecule has 6 N–H and O–H groups in total. The van der Waals surface area contributed by atoms with Crippen LogP contribution in [0.4, 0.5) is 0 Å². The molecule has 0 saturated heterocycles. The first-order valence-corrected chi connectivity index (χ1v) is 6.26. The van der Waals surface area contributed by atoms with Crippen molar-refractivity contribution >= 4 is 18.0 Å². The topological polar surface area (TPSA) is 147 Å². The third kappa shape index (κ3) is 4.47. The van der Waals surface area contributed by atoms with E-state index in [0.29, 0.717) is 5.56 Å². The molecule has 0 aliphatic carbocycles. The smallest absolute Gasteiger partial charge is 0.338 e. The van der Waals surface area contributed by atoms with E-state index in [2.05, 4.69) is 5.32 Å². The number of aliphatic hydroxyl groups excluding tert-OH is 1. The Morgan fingerprint density at radius 1 is 1.32 bits per heavy atom. The highest BCUT2D eigenvalue weighted by atomic mass is 16.4. The van der Waals surface area contributed by atoms with E-state index in [1.807, 2.05) is 0 Å². The molecule has 1 aromatic carbocycles. The van der Waals surface area contributed by atoms with Gasteiger partial charge in [0.25, 0.3) is 0 Å². The van der Waals surface area contributed by atoms with E-state index in [0.717, 1.165) is 13.0 Å². The van der Waals surface area contributed by atoms with Crippen molar-refractivity contribution in [2.24, 2.45) is 0 Å². The normalized spacial score (nSPS) is 15.2. The van der Waals surface area contributed by atoms with Crippen LogP contribution in [0, 0.1) is 0 Å². The average molecular weight is 311 g/mol. The molecule has 0 saturated carbocycles. The second kappa shape index (κ2) is 6.92. The molecule has 0 aromatic heterocycles. The molecule has 8 heteroatoms. The van der Waals surface area contributed by atoms with Crippen LogP contribution in [0.1, 0.15) is 12.5 Å². The van der Waals surface area contributed by atoms with Crippen LogP contribution in [0.2, 0.25) is 0 Å². The molecule has 0 aliphatic heterocycles. The number of hydrogen-bond acceptors (Lipinski definition) is 6. The lowest BCUT2D eigenvalue weighted by atomic mass is 9.99. The van der Waals surface area contributed by atoms with Crippen molar-refractivity contribution in [1.29, 1.82) is 0 Å². The molecule has 120 valence electrons. The Hall–Kier alpha value is -2.58. The summed E-state index contributed by atoms with van der Waals surface area (Å²) in [5.41, 5.74) is -1.93. The van der Waals surface area contributed by atoms with Crippen LogP contribution in [0.15, 0.2) is 24.3 Å². The average Bonchev–Trinajstić information content (AvgIpc) is 2.45. The summed E-state index contributed by atoms with van der Waals surface area (Å²) in [6.07, 6.45) is 0.754. The summed E-state index contributed by atoms with van der Waals surface area (Å²) in [5.74, 6) is -2.87. The second-order valence-corrected chi connectivity index (χ2v) is 4.80. The van der Waals surface area contributed by atoms with Gasteiger partial charge in [0.15, 0.2) is 17.1 Å². The van der Waals surface area contributed by atoms with E-state index in [-0.39, 0.29) is 11.5 Å². The van der Waals surface area contributed by atoms with Crippen molar-refractivity contribution in [2.75, 3.05) is 6.54 Å². The predicted molar refractivity (Wildman–Crippen MR) is 76.1 cm³/mol. The molecule has 2 atom stereocenters. The number of phenols is 2. The van der Waals surface area contributed by atoms with Crippen LogP contribution in [-0.2, 0) is 9.59 Å². The number of phenolic OH excluding ortho intramolecular Hbond substituents is 2. The monoisotopic (exact) mass is 311 g/mol. The van der Waals surface area contributed by atoms with Gasteiger partial charge in [0, 0.05) is 12.6 Å². The number of benzene rings is 1. The number of aromatic hydroxyl groups is 2. The van der Waals surface area contributed by atoms with Crippen LogP contribution in [-0.4, -0.2) is 55.7 Å². The molecule has 0 heterocycles. The van der Waals surface area contributed by atoms with E-state index in [4.69, 9.17) is 10.2 Å². The van der Waals surface area contributed by atoms with Crippen molar-refractivity contribution in [2.45, 2.75) is 18.6 Å². The maximum Gasteiger partial charge on any atom is 0.338 e. The van der Waals surface area contributed by atoms with Gasteiger partial charge in [-0.2, -0.15) is 0 Å². The Morgan fingerprint density at radius 2 is 1.95 bits per heavy atom. The first-order chi connectivity index (χ1) is 10.1. The summed E-state index contributed by atoms with van der Waals surface area (Å²) in [6, 6.07) is 3.95. The number of rotatable bonds is 6. The summed E-state index contributed by atoms with van der Waals surface area (Å²) >= 11 is 0. The van der Waals surface area contributed by atoms with E-state index < -0.39 is 30.1 Å². The molecular weight excluding hydrogens is 294 g/mol. The number of carbonyl (C=O) groups is 2. The van der Waals surface area contributed by atoms with E-state index >= 15 is 0 Å². The number of carboxylic acids is 1. The lowest BCUT2D eigenvalue weighted by molar-refractivity contribution is -0.168. The van der Waals surface area contributed by atoms with Gasteiger partial charge in [-0.15, -0.1) is 0 Å². The molecule has 0 spiro atoms. The SMILES string of the molecule is CC(O)(C(=O)O)C(O)CNC(=O)C=Cc1ccc(O)c(O)c1. The van der Waals surface area contributed by atoms with Gasteiger partial charge in [-0.3, -0.25) is 4.79 Å². The predicted octanol–water partition coefficient (Wildman–Crippen LogP) is -0.576. The fourth-order valence-electron chi connectivity index (χ4n) is 1.41. The Balaban J connectivity index is 2.58. The third-order valence-electron chi connectivity index (χ3n) is 2.98. The molecule has 2 unspecified atom stereocenters. The third-order valence-corrected chi connectivity index (χ3v) is 2.98. The van der Waals surface area contributed by atoms with Crippen molar-refractivity contribution in [3.05, 3.63) is 29.8 Å². The molecule has 0 fully saturated rings. The molecular formula is C14H17NO7. The molecule has 22 heavy (non-hydrogen) atoms. The van der Waals surface area contributed by atoms with Gasteiger partial charge in [0.2, 0.25) is 5.91 Å². The van der Waals surface area contributed by atoms with Crippen LogP contribution >= 0.6 is 0 Å². The number of carboxylic acid groups (broad SMARTS) is 1. The Bertz CT molecular complexity index is 595. The van der Waals surface area contributed by atoms with Gasteiger partial charge < -0.3 is 30.8 Å². The van der Waals surface area contributed by atoms with Crippen molar-refractivity contribution < 1.29 is 35.1 Å². The van der Waals surface area contributed by atoms with Crippen LogP contribution in [0.5, 0.6) is 11.5 Å². The minimum atomic E-state index is -2.38. The molecule has 1 rings (SSSR count). The summed E-state index contributed by atoms with van der Waals surface area (Å²) in [5, 5.41) is 48.3. The number of amides is 1. The quantitative estimate of drug-likeness (QED) is 0.304. The van der Waals surface area contributed by atoms with Gasteiger partial charge in [0.1, 0.15) is 6.10 Å². The summed E-state index contributed by atoms with van der Waals surface area (Å²) < 4.78 is 0. The molecule has 1 amide bonds. The van der Waals surface area contributed by atoms with E-state index in [9.17, 15) is 24.9 Å². The molecule has 0 bridgehead atoms. The molecule has 0 aliphatic rings. The second-order valence-electron chi connectivity index (χ2n) is 4.80. The lowest BCUT2D eigenvalue weighted by Gasteiger charge is -2.24. The van der Waals surface area contributed by atoms with Crippen LogP contribution in [0.3, 0.4) is 0 Å². The standard InChI is InChI=1S/C14H17NO7/c1-14(22,13(20)21)11(18)7-15-12(19)5-3-8-2-4-9(16)10(17)6-8/h2-6,11,16-18,22H,7H2,1H3,(H,15,19)(H,20,21). The highest BCUT2D eigenvalue weighted by molar-refractivity contribution is 5.91. The zero-order valence-corrected chi connectivity index (χ0v) is 11.7. The van der Waals surface area contributed by atoms with Gasteiger partial charge in [0.05, 0.1) is 0 Å². The number of aliphatic carboxylic acids is 1. The number of aliphatic hydroxyl groups is 2.